The first-order valence-electron chi connectivity index (χ1n) is 4.50. The van der Waals surface area contributed by atoms with Gasteiger partial charge in [-0.05, 0) is 33.1 Å². The van der Waals surface area contributed by atoms with Gasteiger partial charge in [0.05, 0.1) is 0 Å². The molecule has 0 heterocycles. The van der Waals surface area contributed by atoms with Gasteiger partial charge in [-0.25, -0.2) is 0 Å². The van der Waals surface area contributed by atoms with Crippen molar-refractivity contribution in [2.45, 2.75) is 34.1 Å². The van der Waals surface area contributed by atoms with Crippen LogP contribution in [0, 0.1) is 5.92 Å². The molecule has 0 bridgehead atoms. The van der Waals surface area contributed by atoms with E-state index in [1.54, 1.807) is 0 Å². The van der Waals surface area contributed by atoms with E-state index in [4.69, 9.17) is 0 Å². The molecule has 12 heavy (non-hydrogen) atoms. The molecule has 0 spiro atoms. The van der Waals surface area contributed by atoms with Crippen LogP contribution in [0.3, 0.4) is 0 Å². The van der Waals surface area contributed by atoms with Gasteiger partial charge in [0, 0.05) is 0 Å². The van der Waals surface area contributed by atoms with Gasteiger partial charge in [-0.2, -0.15) is 0 Å². The van der Waals surface area contributed by atoms with Crippen LogP contribution in [0.5, 0.6) is 0 Å². The zero-order valence-corrected chi connectivity index (χ0v) is 8.72. The van der Waals surface area contributed by atoms with Crippen LogP contribution in [0.1, 0.15) is 34.1 Å². The molecule has 0 nitrogen and oxygen atoms in total. The van der Waals surface area contributed by atoms with Crippen molar-refractivity contribution in [2.24, 2.45) is 5.92 Å². The normalized spacial score (nSPS) is 13.8. The second-order valence-corrected chi connectivity index (χ2v) is 3.49. The Kier molecular flexibility index (Phi) is 5.44. The molecule has 0 aromatic rings. The quantitative estimate of drug-likeness (QED) is 0.548. The molecular formula is C12H20. The van der Waals surface area contributed by atoms with Gasteiger partial charge < -0.3 is 0 Å². The molecule has 0 aliphatic heterocycles. The summed E-state index contributed by atoms with van der Waals surface area (Å²) in [6.07, 6.45) is 7.53. The van der Waals surface area contributed by atoms with E-state index in [9.17, 15) is 0 Å². The molecule has 1 unspecified atom stereocenters. The van der Waals surface area contributed by atoms with Crippen molar-refractivity contribution < 1.29 is 0 Å². The van der Waals surface area contributed by atoms with E-state index in [0.717, 1.165) is 6.42 Å². The van der Waals surface area contributed by atoms with Gasteiger partial charge in [0.15, 0.2) is 0 Å². The number of rotatable bonds is 4. The zero-order valence-electron chi connectivity index (χ0n) is 8.72. The molecule has 0 fully saturated rings. The van der Waals surface area contributed by atoms with Crippen LogP contribution in [0.2, 0.25) is 0 Å². The standard InChI is InChI=1S/C12H20/c1-6-11(4)12(5)9-7-8-10(2)3/h6,8-9,11H,1,7H2,2-5H3. The van der Waals surface area contributed by atoms with Gasteiger partial charge >= 0.3 is 0 Å². The van der Waals surface area contributed by atoms with Crippen molar-refractivity contribution in [3.8, 4) is 0 Å². The van der Waals surface area contributed by atoms with Crippen molar-refractivity contribution in [2.75, 3.05) is 0 Å². The maximum Gasteiger partial charge on any atom is -0.00570 e. The van der Waals surface area contributed by atoms with Gasteiger partial charge in [-0.1, -0.05) is 36.3 Å². The third kappa shape index (κ3) is 4.95. The predicted molar refractivity (Wildman–Crippen MR) is 57.2 cm³/mol. The van der Waals surface area contributed by atoms with Crippen LogP contribution in [0.4, 0.5) is 0 Å². The van der Waals surface area contributed by atoms with Crippen LogP contribution in [-0.2, 0) is 0 Å². The fourth-order valence-corrected chi connectivity index (χ4v) is 0.852. The van der Waals surface area contributed by atoms with E-state index in [0.29, 0.717) is 5.92 Å². The summed E-state index contributed by atoms with van der Waals surface area (Å²) in [5.74, 6) is 0.510. The summed E-state index contributed by atoms with van der Waals surface area (Å²) in [4.78, 5) is 0. The Labute approximate surface area is 76.7 Å². The van der Waals surface area contributed by atoms with E-state index >= 15 is 0 Å². The molecule has 0 aliphatic rings. The van der Waals surface area contributed by atoms with E-state index in [1.165, 1.54) is 11.1 Å². The molecule has 0 amide bonds. The molecule has 0 saturated heterocycles. The SMILES string of the molecule is C=CC(C)C(C)=CCC=C(C)C. The molecule has 0 aromatic heterocycles. The molecule has 0 saturated carbocycles. The molecule has 0 rings (SSSR count). The summed E-state index contributed by atoms with van der Waals surface area (Å²) < 4.78 is 0. The predicted octanol–water partition coefficient (Wildman–Crippen LogP) is 4.11. The van der Waals surface area contributed by atoms with Crippen LogP contribution in [0.15, 0.2) is 36.0 Å². The summed E-state index contributed by atoms with van der Waals surface area (Å²) in [6, 6.07) is 0. The number of allylic oxidation sites excluding steroid dienone is 5. The van der Waals surface area contributed by atoms with Gasteiger partial charge in [-0.3, -0.25) is 0 Å². The van der Waals surface area contributed by atoms with E-state index in [-0.39, 0.29) is 0 Å². The van der Waals surface area contributed by atoms with Crippen molar-refractivity contribution in [3.63, 3.8) is 0 Å². The van der Waals surface area contributed by atoms with Gasteiger partial charge in [0.1, 0.15) is 0 Å². The summed E-state index contributed by atoms with van der Waals surface area (Å²) in [7, 11) is 0. The van der Waals surface area contributed by atoms with Crippen molar-refractivity contribution >= 4 is 0 Å². The minimum absolute atomic E-state index is 0.510. The Morgan fingerprint density at radius 1 is 1.25 bits per heavy atom. The van der Waals surface area contributed by atoms with Crippen LogP contribution < -0.4 is 0 Å². The van der Waals surface area contributed by atoms with Crippen LogP contribution >= 0.6 is 0 Å². The summed E-state index contributed by atoms with van der Waals surface area (Å²) >= 11 is 0. The fourth-order valence-electron chi connectivity index (χ4n) is 0.852. The highest BCUT2D eigenvalue weighted by Gasteiger charge is 1.95. The molecular weight excluding hydrogens is 144 g/mol. The average molecular weight is 164 g/mol. The molecule has 0 radical (unpaired) electrons. The van der Waals surface area contributed by atoms with Crippen LogP contribution in [-0.4, -0.2) is 0 Å². The van der Waals surface area contributed by atoms with Gasteiger partial charge in [-0.15, -0.1) is 6.58 Å². The first kappa shape index (κ1) is 11.2. The highest BCUT2D eigenvalue weighted by atomic mass is 14.0. The highest BCUT2D eigenvalue weighted by molar-refractivity contribution is 5.10. The Hall–Kier alpha value is -0.780. The average Bonchev–Trinajstić information content (AvgIpc) is 2.02. The second-order valence-electron chi connectivity index (χ2n) is 3.49. The molecule has 68 valence electrons. The summed E-state index contributed by atoms with van der Waals surface area (Å²) in [6.45, 7) is 12.3. The maximum atomic E-state index is 3.77. The second kappa shape index (κ2) is 5.82. The van der Waals surface area contributed by atoms with Crippen molar-refractivity contribution in [1.82, 2.24) is 0 Å². The molecule has 0 N–H and O–H groups in total. The lowest BCUT2D eigenvalue weighted by Gasteiger charge is -2.04. The Morgan fingerprint density at radius 2 is 1.83 bits per heavy atom. The Morgan fingerprint density at radius 3 is 2.25 bits per heavy atom. The third-order valence-electron chi connectivity index (χ3n) is 2.04. The monoisotopic (exact) mass is 164 g/mol. The first-order valence-corrected chi connectivity index (χ1v) is 4.50. The summed E-state index contributed by atoms with van der Waals surface area (Å²) in [5, 5.41) is 0. The smallest absolute Gasteiger partial charge is 0.00570 e. The Bertz CT molecular complexity index is 190. The molecule has 1 atom stereocenters. The lowest BCUT2D eigenvalue weighted by Crippen LogP contribution is -1.89. The van der Waals surface area contributed by atoms with E-state index < -0.39 is 0 Å². The zero-order chi connectivity index (χ0) is 9.56. The lowest BCUT2D eigenvalue weighted by atomic mass is 10.0. The molecule has 0 aliphatic carbocycles. The number of hydrogen-bond acceptors (Lipinski definition) is 0. The summed E-state index contributed by atoms with van der Waals surface area (Å²) in [5.41, 5.74) is 2.79. The third-order valence-corrected chi connectivity index (χ3v) is 2.04. The topological polar surface area (TPSA) is 0 Å². The first-order chi connectivity index (χ1) is 5.57. The molecule has 0 heteroatoms. The highest BCUT2D eigenvalue weighted by Crippen LogP contribution is 2.11. The van der Waals surface area contributed by atoms with Crippen LogP contribution in [0.25, 0.3) is 0 Å². The molecule has 0 aromatic carbocycles. The van der Waals surface area contributed by atoms with Gasteiger partial charge in [0.25, 0.3) is 0 Å². The Balaban J connectivity index is 4.01. The maximum absolute atomic E-state index is 3.77. The van der Waals surface area contributed by atoms with Crippen molar-refractivity contribution in [1.29, 1.82) is 0 Å². The minimum Gasteiger partial charge on any atom is -0.102 e. The largest absolute Gasteiger partial charge is 0.102 e. The lowest BCUT2D eigenvalue weighted by molar-refractivity contribution is 0.858. The van der Waals surface area contributed by atoms with E-state index in [2.05, 4.69) is 46.4 Å². The van der Waals surface area contributed by atoms with Gasteiger partial charge in [0.2, 0.25) is 0 Å². The minimum atomic E-state index is 0.510. The number of hydrogen-bond donors (Lipinski definition) is 0. The fraction of sp³-hybridized carbons (Fsp3) is 0.500. The van der Waals surface area contributed by atoms with E-state index in [1.807, 2.05) is 6.08 Å². The van der Waals surface area contributed by atoms with Crippen molar-refractivity contribution in [3.05, 3.63) is 36.0 Å².